The molecule has 23 heavy (non-hydrogen) atoms. The first-order chi connectivity index (χ1) is 10.9. The fraction of sp³-hybridized carbons (Fsp3) is 0.375. The summed E-state index contributed by atoms with van der Waals surface area (Å²) in [4.78, 5) is 8.39. The highest BCUT2D eigenvalue weighted by molar-refractivity contribution is 5.35. The van der Waals surface area contributed by atoms with E-state index in [-0.39, 0.29) is 11.3 Å². The zero-order chi connectivity index (χ0) is 16.5. The van der Waals surface area contributed by atoms with E-state index in [0.717, 1.165) is 24.1 Å². The zero-order valence-corrected chi connectivity index (χ0v) is 12.5. The van der Waals surface area contributed by atoms with Gasteiger partial charge in [0, 0.05) is 18.3 Å². The molecule has 0 amide bonds. The Bertz CT molecular complexity index is 682. The molecule has 1 heterocycles. The molecule has 1 aliphatic rings. The molecule has 1 N–H and O–H groups in total. The first kappa shape index (κ1) is 15.7. The summed E-state index contributed by atoms with van der Waals surface area (Å²) in [5.41, 5.74) is 1.66. The third-order valence-electron chi connectivity index (χ3n) is 3.83. The van der Waals surface area contributed by atoms with Crippen LogP contribution in [0.25, 0.3) is 0 Å². The van der Waals surface area contributed by atoms with Gasteiger partial charge in [-0.25, -0.2) is 9.97 Å². The molecular formula is C16H16F3N3O. The molecule has 2 aromatic rings. The number of aryl methyl sites for hydroxylation is 1. The second kappa shape index (κ2) is 5.81. The number of benzene rings is 1. The summed E-state index contributed by atoms with van der Waals surface area (Å²) in [6, 6.07) is 7.88. The van der Waals surface area contributed by atoms with Crippen molar-refractivity contribution in [2.24, 2.45) is 0 Å². The fourth-order valence-corrected chi connectivity index (χ4v) is 2.53. The van der Waals surface area contributed by atoms with Gasteiger partial charge in [0.2, 0.25) is 0 Å². The van der Waals surface area contributed by atoms with Crippen molar-refractivity contribution in [2.45, 2.75) is 38.2 Å². The molecule has 1 saturated carbocycles. The molecule has 0 saturated heterocycles. The molecule has 1 aromatic carbocycles. The number of alkyl halides is 3. The molecule has 0 unspecified atom stereocenters. The highest BCUT2D eigenvalue weighted by atomic mass is 19.4. The first-order valence-electron chi connectivity index (χ1n) is 7.26. The maximum atomic E-state index is 12.2. The van der Waals surface area contributed by atoms with E-state index in [4.69, 9.17) is 0 Å². The van der Waals surface area contributed by atoms with Crippen LogP contribution in [0.3, 0.4) is 0 Å². The Hall–Kier alpha value is -2.15. The average molecular weight is 323 g/mol. The van der Waals surface area contributed by atoms with Crippen LogP contribution in [0.4, 0.5) is 13.2 Å². The topological polar surface area (TPSA) is 47.0 Å². The molecular weight excluding hydrogens is 307 g/mol. The number of halogens is 3. The van der Waals surface area contributed by atoms with Gasteiger partial charge in [0.25, 0.3) is 0 Å². The van der Waals surface area contributed by atoms with E-state index in [1.165, 1.54) is 12.1 Å². The van der Waals surface area contributed by atoms with Crippen molar-refractivity contribution in [3.05, 3.63) is 53.6 Å². The number of aromatic nitrogens is 2. The van der Waals surface area contributed by atoms with Crippen molar-refractivity contribution in [2.75, 3.05) is 0 Å². The van der Waals surface area contributed by atoms with Gasteiger partial charge in [0.05, 0.1) is 5.69 Å². The third-order valence-corrected chi connectivity index (χ3v) is 3.83. The lowest BCUT2D eigenvalue weighted by Crippen LogP contribution is -2.28. The summed E-state index contributed by atoms with van der Waals surface area (Å²) >= 11 is 0. The van der Waals surface area contributed by atoms with Crippen LogP contribution < -0.4 is 10.1 Å². The molecule has 4 nitrogen and oxygen atoms in total. The Balaban J connectivity index is 1.66. The molecule has 1 fully saturated rings. The van der Waals surface area contributed by atoms with Gasteiger partial charge in [-0.1, -0.05) is 12.1 Å². The standard InChI is InChI=1S/C16H16F3N3O/c1-11-20-9-6-13(22-11)10-21-15(7-8-15)12-2-4-14(5-3-12)23-16(17,18)19/h2-6,9,21H,7-8,10H2,1H3. The Labute approximate surface area is 131 Å². The van der Waals surface area contributed by atoms with Gasteiger partial charge in [-0.15, -0.1) is 13.2 Å². The van der Waals surface area contributed by atoms with E-state index in [0.29, 0.717) is 12.4 Å². The maximum absolute atomic E-state index is 12.2. The predicted molar refractivity (Wildman–Crippen MR) is 77.6 cm³/mol. The summed E-state index contributed by atoms with van der Waals surface area (Å²) in [7, 11) is 0. The predicted octanol–water partition coefficient (Wildman–Crippen LogP) is 3.46. The molecule has 1 aromatic heterocycles. The summed E-state index contributed by atoms with van der Waals surface area (Å²) in [5, 5.41) is 3.44. The van der Waals surface area contributed by atoms with Gasteiger partial charge in [-0.3, -0.25) is 0 Å². The lowest BCUT2D eigenvalue weighted by atomic mass is 10.0. The number of hydrogen-bond donors (Lipinski definition) is 1. The summed E-state index contributed by atoms with van der Waals surface area (Å²) in [6.07, 6.45) is -1.07. The van der Waals surface area contributed by atoms with E-state index < -0.39 is 6.36 Å². The van der Waals surface area contributed by atoms with E-state index in [9.17, 15) is 13.2 Å². The minimum absolute atomic E-state index is 0.185. The van der Waals surface area contributed by atoms with Crippen LogP contribution in [-0.4, -0.2) is 16.3 Å². The second-order valence-corrected chi connectivity index (χ2v) is 5.60. The molecule has 1 aliphatic carbocycles. The smallest absolute Gasteiger partial charge is 0.406 e. The number of nitrogens with zero attached hydrogens (tertiary/aromatic N) is 2. The van der Waals surface area contributed by atoms with Gasteiger partial charge in [-0.05, 0) is 43.5 Å². The third kappa shape index (κ3) is 3.98. The van der Waals surface area contributed by atoms with Gasteiger partial charge in [-0.2, -0.15) is 0 Å². The van der Waals surface area contributed by atoms with Crippen LogP contribution in [0, 0.1) is 6.92 Å². The van der Waals surface area contributed by atoms with Crippen molar-refractivity contribution >= 4 is 0 Å². The lowest BCUT2D eigenvalue weighted by Gasteiger charge is -2.18. The van der Waals surface area contributed by atoms with Crippen molar-refractivity contribution in [3.63, 3.8) is 0 Å². The molecule has 3 rings (SSSR count). The highest BCUT2D eigenvalue weighted by Gasteiger charge is 2.43. The number of ether oxygens (including phenoxy) is 1. The Morgan fingerprint density at radius 2 is 1.87 bits per heavy atom. The second-order valence-electron chi connectivity index (χ2n) is 5.60. The van der Waals surface area contributed by atoms with E-state index in [1.54, 1.807) is 18.3 Å². The van der Waals surface area contributed by atoms with Crippen LogP contribution >= 0.6 is 0 Å². The molecule has 0 bridgehead atoms. The van der Waals surface area contributed by atoms with Crippen LogP contribution in [-0.2, 0) is 12.1 Å². The minimum Gasteiger partial charge on any atom is -0.406 e. The van der Waals surface area contributed by atoms with Crippen LogP contribution in [0.2, 0.25) is 0 Å². The zero-order valence-electron chi connectivity index (χ0n) is 12.5. The highest BCUT2D eigenvalue weighted by Crippen LogP contribution is 2.46. The van der Waals surface area contributed by atoms with Crippen LogP contribution in [0.15, 0.2) is 36.5 Å². The molecule has 0 atom stereocenters. The quantitative estimate of drug-likeness (QED) is 0.915. The van der Waals surface area contributed by atoms with E-state index in [1.807, 2.05) is 13.0 Å². The Morgan fingerprint density at radius 3 is 2.43 bits per heavy atom. The lowest BCUT2D eigenvalue weighted by molar-refractivity contribution is -0.274. The number of hydrogen-bond acceptors (Lipinski definition) is 4. The van der Waals surface area contributed by atoms with Crippen molar-refractivity contribution in [1.82, 2.24) is 15.3 Å². The molecule has 0 spiro atoms. The van der Waals surface area contributed by atoms with Gasteiger partial charge < -0.3 is 10.1 Å². The van der Waals surface area contributed by atoms with Crippen molar-refractivity contribution < 1.29 is 17.9 Å². The molecule has 7 heteroatoms. The van der Waals surface area contributed by atoms with Crippen LogP contribution in [0.5, 0.6) is 5.75 Å². The number of rotatable bonds is 5. The Kier molecular flexibility index (Phi) is 3.97. The molecule has 0 radical (unpaired) electrons. The van der Waals surface area contributed by atoms with Gasteiger partial charge in [0.1, 0.15) is 11.6 Å². The maximum Gasteiger partial charge on any atom is 0.573 e. The van der Waals surface area contributed by atoms with Gasteiger partial charge in [0.15, 0.2) is 0 Å². The minimum atomic E-state index is -4.66. The summed E-state index contributed by atoms with van der Waals surface area (Å²) in [6.45, 7) is 2.42. The summed E-state index contributed by atoms with van der Waals surface area (Å²) < 4.78 is 40.4. The van der Waals surface area contributed by atoms with Crippen molar-refractivity contribution in [3.8, 4) is 5.75 Å². The van der Waals surface area contributed by atoms with E-state index >= 15 is 0 Å². The fourth-order valence-electron chi connectivity index (χ4n) is 2.53. The monoisotopic (exact) mass is 323 g/mol. The molecule has 0 aliphatic heterocycles. The summed E-state index contributed by atoms with van der Waals surface area (Å²) in [5.74, 6) is 0.506. The van der Waals surface area contributed by atoms with E-state index in [2.05, 4.69) is 20.0 Å². The molecule has 122 valence electrons. The van der Waals surface area contributed by atoms with Gasteiger partial charge >= 0.3 is 6.36 Å². The average Bonchev–Trinajstić information content (AvgIpc) is 3.26. The first-order valence-corrected chi connectivity index (χ1v) is 7.26. The normalized spacial score (nSPS) is 16.2. The largest absolute Gasteiger partial charge is 0.573 e. The number of nitrogens with one attached hydrogen (secondary N) is 1. The van der Waals surface area contributed by atoms with Crippen molar-refractivity contribution in [1.29, 1.82) is 0 Å². The van der Waals surface area contributed by atoms with Crippen LogP contribution in [0.1, 0.15) is 29.9 Å². The SMILES string of the molecule is Cc1nccc(CNC2(c3ccc(OC(F)(F)F)cc3)CC2)n1. The Morgan fingerprint density at radius 1 is 1.17 bits per heavy atom.